The smallest absolute Gasteiger partial charge is 0.237 e. The Morgan fingerprint density at radius 2 is 1.89 bits per heavy atom. The minimum absolute atomic E-state index is 0. The third-order valence-electron chi connectivity index (χ3n) is 4.19. The molecule has 3 nitrogen and oxygen atoms in total. The van der Waals surface area contributed by atoms with E-state index in [2.05, 4.69) is 10.6 Å². The van der Waals surface area contributed by atoms with Gasteiger partial charge in [-0.3, -0.25) is 4.79 Å². The third kappa shape index (κ3) is 5.15. The highest BCUT2D eigenvalue weighted by molar-refractivity contribution is 5.85. The maximum absolute atomic E-state index is 11.7. The Labute approximate surface area is 117 Å². The minimum atomic E-state index is 0. The Morgan fingerprint density at radius 3 is 2.56 bits per heavy atom. The van der Waals surface area contributed by atoms with Gasteiger partial charge in [-0.2, -0.15) is 0 Å². The van der Waals surface area contributed by atoms with Crippen molar-refractivity contribution in [3.05, 3.63) is 0 Å². The van der Waals surface area contributed by atoms with Crippen molar-refractivity contribution >= 4 is 18.3 Å². The van der Waals surface area contributed by atoms with E-state index >= 15 is 0 Å². The van der Waals surface area contributed by atoms with Crippen LogP contribution in [0.2, 0.25) is 0 Å². The molecule has 0 aromatic heterocycles. The van der Waals surface area contributed by atoms with Crippen LogP contribution in [0.4, 0.5) is 0 Å². The van der Waals surface area contributed by atoms with Crippen molar-refractivity contribution < 1.29 is 4.79 Å². The molecule has 2 N–H and O–H groups in total. The maximum atomic E-state index is 11.7. The van der Waals surface area contributed by atoms with Gasteiger partial charge in [-0.25, -0.2) is 0 Å². The maximum Gasteiger partial charge on any atom is 0.237 e. The zero-order valence-corrected chi connectivity index (χ0v) is 12.1. The van der Waals surface area contributed by atoms with Crippen molar-refractivity contribution in [2.45, 2.75) is 63.8 Å². The van der Waals surface area contributed by atoms with E-state index in [-0.39, 0.29) is 24.4 Å². The molecule has 1 heterocycles. The van der Waals surface area contributed by atoms with Crippen LogP contribution >= 0.6 is 12.4 Å². The first-order valence-corrected chi connectivity index (χ1v) is 7.37. The molecule has 106 valence electrons. The molecule has 1 amide bonds. The lowest BCUT2D eigenvalue weighted by atomic mass is 9.86. The molecule has 1 atom stereocenters. The molecular weight excluding hydrogens is 248 g/mol. The SMILES string of the molecule is Cl.O=C(NCCCC1CCCCC1)C1CCCN1. The first-order valence-electron chi connectivity index (χ1n) is 7.37. The van der Waals surface area contributed by atoms with Crippen LogP contribution < -0.4 is 10.6 Å². The van der Waals surface area contributed by atoms with Crippen LogP contribution in [-0.4, -0.2) is 25.0 Å². The fourth-order valence-electron chi connectivity index (χ4n) is 3.11. The second-order valence-electron chi connectivity index (χ2n) is 5.59. The summed E-state index contributed by atoms with van der Waals surface area (Å²) in [5.74, 6) is 1.15. The largest absolute Gasteiger partial charge is 0.355 e. The summed E-state index contributed by atoms with van der Waals surface area (Å²) < 4.78 is 0. The molecule has 2 rings (SSSR count). The zero-order chi connectivity index (χ0) is 11.9. The van der Waals surface area contributed by atoms with Gasteiger partial charge in [0.1, 0.15) is 0 Å². The third-order valence-corrected chi connectivity index (χ3v) is 4.19. The standard InChI is InChI=1S/C14H26N2O.ClH/c17-14(13-9-5-10-15-13)16-11-4-8-12-6-2-1-3-7-12;/h12-13,15H,1-11H2,(H,16,17);1H. The fourth-order valence-corrected chi connectivity index (χ4v) is 3.11. The summed E-state index contributed by atoms with van der Waals surface area (Å²) in [5, 5.41) is 6.30. The lowest BCUT2D eigenvalue weighted by Crippen LogP contribution is -2.40. The second-order valence-corrected chi connectivity index (χ2v) is 5.59. The molecule has 1 unspecified atom stereocenters. The van der Waals surface area contributed by atoms with Crippen LogP contribution in [0.5, 0.6) is 0 Å². The van der Waals surface area contributed by atoms with Crippen LogP contribution in [0.15, 0.2) is 0 Å². The average molecular weight is 275 g/mol. The van der Waals surface area contributed by atoms with Crippen LogP contribution in [-0.2, 0) is 4.79 Å². The van der Waals surface area contributed by atoms with Crippen LogP contribution in [0.3, 0.4) is 0 Å². The van der Waals surface area contributed by atoms with E-state index in [1.54, 1.807) is 0 Å². The number of hydrogen-bond acceptors (Lipinski definition) is 2. The highest BCUT2D eigenvalue weighted by Gasteiger charge is 2.21. The summed E-state index contributed by atoms with van der Waals surface area (Å²) in [6.45, 7) is 1.87. The molecule has 2 fully saturated rings. The zero-order valence-electron chi connectivity index (χ0n) is 11.2. The molecule has 0 bridgehead atoms. The second kappa shape index (κ2) is 8.76. The van der Waals surface area contributed by atoms with Gasteiger partial charge < -0.3 is 10.6 Å². The molecule has 4 heteroatoms. The van der Waals surface area contributed by atoms with Crippen LogP contribution in [0.1, 0.15) is 57.8 Å². The Hall–Kier alpha value is -0.280. The monoisotopic (exact) mass is 274 g/mol. The molecule has 2 aliphatic rings. The van der Waals surface area contributed by atoms with Gasteiger partial charge in [0.2, 0.25) is 5.91 Å². The summed E-state index contributed by atoms with van der Waals surface area (Å²) >= 11 is 0. The van der Waals surface area contributed by atoms with Crippen molar-refractivity contribution in [1.29, 1.82) is 0 Å². The lowest BCUT2D eigenvalue weighted by molar-refractivity contribution is -0.122. The average Bonchev–Trinajstić information content (AvgIpc) is 2.89. The molecule has 1 saturated carbocycles. The molecule has 0 spiro atoms. The molecule has 0 aromatic carbocycles. The predicted molar refractivity (Wildman–Crippen MR) is 77.1 cm³/mol. The summed E-state index contributed by atoms with van der Waals surface area (Å²) in [4.78, 5) is 11.7. The van der Waals surface area contributed by atoms with E-state index in [4.69, 9.17) is 0 Å². The fraction of sp³-hybridized carbons (Fsp3) is 0.929. The van der Waals surface area contributed by atoms with E-state index in [0.717, 1.165) is 38.3 Å². The van der Waals surface area contributed by atoms with Gasteiger partial charge in [-0.1, -0.05) is 32.1 Å². The topological polar surface area (TPSA) is 41.1 Å². The Kier molecular flexibility index (Phi) is 7.68. The van der Waals surface area contributed by atoms with Gasteiger partial charge in [-0.15, -0.1) is 12.4 Å². The minimum Gasteiger partial charge on any atom is -0.355 e. The summed E-state index contributed by atoms with van der Waals surface area (Å²) in [7, 11) is 0. The Balaban J connectivity index is 0.00000162. The lowest BCUT2D eigenvalue weighted by Gasteiger charge is -2.21. The van der Waals surface area contributed by atoms with Crippen molar-refractivity contribution in [2.75, 3.05) is 13.1 Å². The van der Waals surface area contributed by atoms with Gasteiger partial charge >= 0.3 is 0 Å². The number of halogens is 1. The molecule has 0 aromatic rings. The van der Waals surface area contributed by atoms with E-state index in [1.165, 1.54) is 38.5 Å². The highest BCUT2D eigenvalue weighted by Crippen LogP contribution is 2.26. The van der Waals surface area contributed by atoms with Crippen molar-refractivity contribution in [1.82, 2.24) is 10.6 Å². The van der Waals surface area contributed by atoms with E-state index in [1.807, 2.05) is 0 Å². The van der Waals surface area contributed by atoms with Gasteiger partial charge in [0.15, 0.2) is 0 Å². The predicted octanol–water partition coefficient (Wildman–Crippen LogP) is 2.64. The molecule has 1 saturated heterocycles. The summed E-state index contributed by atoms with van der Waals surface area (Å²) in [5.41, 5.74) is 0. The van der Waals surface area contributed by atoms with Crippen molar-refractivity contribution in [2.24, 2.45) is 5.92 Å². The summed E-state index contributed by atoms with van der Waals surface area (Å²) in [6.07, 6.45) is 11.7. The van der Waals surface area contributed by atoms with Crippen molar-refractivity contribution in [3.63, 3.8) is 0 Å². The Morgan fingerprint density at radius 1 is 1.11 bits per heavy atom. The van der Waals surface area contributed by atoms with Crippen molar-refractivity contribution in [3.8, 4) is 0 Å². The number of amides is 1. The molecule has 0 radical (unpaired) electrons. The highest BCUT2D eigenvalue weighted by atomic mass is 35.5. The van der Waals surface area contributed by atoms with Crippen LogP contribution in [0, 0.1) is 5.92 Å². The Bertz CT molecular complexity index is 236. The number of rotatable bonds is 5. The number of carbonyl (C=O) groups is 1. The first-order chi connectivity index (χ1) is 8.36. The van der Waals surface area contributed by atoms with Gasteiger partial charge in [-0.05, 0) is 38.1 Å². The van der Waals surface area contributed by atoms with Gasteiger partial charge in [0, 0.05) is 6.54 Å². The van der Waals surface area contributed by atoms with Crippen LogP contribution in [0.25, 0.3) is 0 Å². The van der Waals surface area contributed by atoms with Gasteiger partial charge in [0.25, 0.3) is 0 Å². The van der Waals surface area contributed by atoms with E-state index in [0.29, 0.717) is 0 Å². The molecule has 18 heavy (non-hydrogen) atoms. The molecule has 1 aliphatic heterocycles. The van der Waals surface area contributed by atoms with Gasteiger partial charge in [0.05, 0.1) is 6.04 Å². The molecular formula is C14H27ClN2O. The normalized spacial score (nSPS) is 24.6. The first kappa shape index (κ1) is 15.8. The van der Waals surface area contributed by atoms with E-state index in [9.17, 15) is 4.79 Å². The van der Waals surface area contributed by atoms with E-state index < -0.39 is 0 Å². The number of carbonyl (C=O) groups excluding carboxylic acids is 1. The number of nitrogens with one attached hydrogen (secondary N) is 2. The molecule has 1 aliphatic carbocycles. The summed E-state index contributed by atoms with van der Waals surface area (Å²) in [6, 6.07) is 0.0877. The number of hydrogen-bond donors (Lipinski definition) is 2. The quantitative estimate of drug-likeness (QED) is 0.757.